The second-order valence-electron chi connectivity index (χ2n) is 12.3. The summed E-state index contributed by atoms with van der Waals surface area (Å²) in [7, 11) is -16.4. The molecule has 1 saturated heterocycles. The number of ether oxygens (including phenoxy) is 1. The lowest BCUT2D eigenvalue weighted by Gasteiger charge is -2.30. The number of carbonyl (C=O) groups excluding carboxylic acids is 3. The summed E-state index contributed by atoms with van der Waals surface area (Å²) < 4.78 is 61.9. The molecular formula is C26H42N7O18P3S. The summed E-state index contributed by atoms with van der Waals surface area (Å²) in [6.45, 7) is 3.68. The molecule has 0 aliphatic carbocycles. The van der Waals surface area contributed by atoms with Crippen molar-refractivity contribution in [3.05, 3.63) is 25.3 Å². The number of fused-ring (bicyclic) bond motifs is 1. The van der Waals surface area contributed by atoms with Crippen LogP contribution in [-0.4, -0.2) is 134 Å². The topological polar surface area (TPSA) is 384 Å². The van der Waals surface area contributed by atoms with Crippen LogP contribution in [-0.2, 0) is 50.7 Å². The van der Waals surface area contributed by atoms with E-state index in [4.69, 9.17) is 19.5 Å². The lowest BCUT2D eigenvalue weighted by molar-refractivity contribution is -0.137. The minimum atomic E-state index is -5.58. The lowest BCUT2D eigenvalue weighted by Crippen LogP contribution is -2.46. The summed E-state index contributed by atoms with van der Waals surface area (Å²) in [6.07, 6.45) is -6.88. The third-order valence-electron chi connectivity index (χ3n) is 7.41. The first-order valence-electron chi connectivity index (χ1n) is 15.8. The highest BCUT2D eigenvalue weighted by Gasteiger charge is 2.50. The van der Waals surface area contributed by atoms with Crippen molar-refractivity contribution in [2.45, 2.75) is 63.4 Å². The summed E-state index contributed by atoms with van der Waals surface area (Å²) in [5, 5.41) is 35.3. The Morgan fingerprint density at radius 3 is 2.42 bits per heavy atom. The number of nitrogens with two attached hydrogens (primary N) is 1. The number of imidazole rings is 1. The SMILES string of the molecule is C=C[C@@H](O)CC(=O)SCCNC(=O)CCNC(=O)[C@H](O)C(C)(C)COP(=O)(O)OP(=O)(O)OC[C@H]1O[C@@H](n2cnc3c(N)ncnc32)[C@H](O)[C@@H]1OP(=O)(O)O. The first kappa shape index (κ1) is 46.6. The molecular weight excluding hydrogens is 823 g/mol. The zero-order valence-electron chi connectivity index (χ0n) is 29.1. The van der Waals surface area contributed by atoms with E-state index >= 15 is 0 Å². The lowest BCUT2D eigenvalue weighted by atomic mass is 9.87. The molecule has 25 nitrogen and oxygen atoms in total. The Kier molecular flexibility index (Phi) is 16.6. The fraction of sp³-hybridized carbons (Fsp3) is 0.615. The van der Waals surface area contributed by atoms with Gasteiger partial charge in [-0.05, 0) is 0 Å². The van der Waals surface area contributed by atoms with Crippen LogP contribution < -0.4 is 16.4 Å². The Morgan fingerprint density at radius 2 is 1.76 bits per heavy atom. The highest BCUT2D eigenvalue weighted by atomic mass is 32.2. The summed E-state index contributed by atoms with van der Waals surface area (Å²) in [4.78, 5) is 87.0. The van der Waals surface area contributed by atoms with Crippen molar-refractivity contribution in [1.82, 2.24) is 30.2 Å². The number of phosphoric ester groups is 3. The minimum absolute atomic E-state index is 0.0242. The van der Waals surface area contributed by atoms with Gasteiger partial charge in [0, 0.05) is 37.1 Å². The number of nitrogen functional groups attached to an aromatic ring is 1. The molecule has 1 aliphatic rings. The first-order valence-corrected chi connectivity index (χ1v) is 21.3. The number of amides is 2. The molecule has 8 atom stereocenters. The third kappa shape index (κ3) is 14.3. The Labute approximate surface area is 316 Å². The van der Waals surface area contributed by atoms with Crippen LogP contribution in [0.3, 0.4) is 0 Å². The van der Waals surface area contributed by atoms with Crippen LogP contribution >= 0.6 is 35.2 Å². The van der Waals surface area contributed by atoms with Crippen LogP contribution in [0.15, 0.2) is 25.3 Å². The van der Waals surface area contributed by atoms with Crippen molar-refractivity contribution >= 4 is 69.1 Å². The Morgan fingerprint density at radius 1 is 1.09 bits per heavy atom. The minimum Gasteiger partial charge on any atom is -0.389 e. The fourth-order valence-electron chi connectivity index (χ4n) is 4.61. The van der Waals surface area contributed by atoms with Crippen molar-refractivity contribution in [2.24, 2.45) is 5.41 Å². The van der Waals surface area contributed by atoms with E-state index in [-0.39, 0.29) is 53.8 Å². The van der Waals surface area contributed by atoms with Gasteiger partial charge in [-0.3, -0.25) is 32.5 Å². The maximum Gasteiger partial charge on any atom is 0.481 e. The molecule has 0 spiro atoms. The van der Waals surface area contributed by atoms with Crippen molar-refractivity contribution in [2.75, 3.05) is 37.8 Å². The van der Waals surface area contributed by atoms with Crippen LogP contribution in [0.5, 0.6) is 0 Å². The summed E-state index contributed by atoms with van der Waals surface area (Å²) in [5.74, 6) is -1.31. The molecule has 11 N–H and O–H groups in total. The maximum atomic E-state index is 12.7. The average Bonchev–Trinajstić information content (AvgIpc) is 3.64. The average molecular weight is 866 g/mol. The molecule has 310 valence electrons. The molecule has 1 aliphatic heterocycles. The number of thioether (sulfide) groups is 1. The van der Waals surface area contributed by atoms with Gasteiger partial charge in [0.2, 0.25) is 11.8 Å². The molecule has 0 saturated carbocycles. The molecule has 0 bridgehead atoms. The van der Waals surface area contributed by atoms with Crippen LogP contribution in [0.1, 0.15) is 32.9 Å². The summed E-state index contributed by atoms with van der Waals surface area (Å²) in [6, 6.07) is 0. The molecule has 3 rings (SSSR count). The molecule has 55 heavy (non-hydrogen) atoms. The molecule has 2 aromatic heterocycles. The van der Waals surface area contributed by atoms with E-state index in [0.29, 0.717) is 0 Å². The summed E-state index contributed by atoms with van der Waals surface area (Å²) >= 11 is 0.906. The zero-order chi connectivity index (χ0) is 41.4. The smallest absolute Gasteiger partial charge is 0.389 e. The zero-order valence-corrected chi connectivity index (χ0v) is 32.6. The van der Waals surface area contributed by atoms with Gasteiger partial charge in [0.05, 0.1) is 25.6 Å². The number of nitrogens with one attached hydrogen (secondary N) is 2. The fourth-order valence-corrected chi connectivity index (χ4v) is 8.16. The normalized spacial score (nSPS) is 22.3. The van der Waals surface area contributed by atoms with Crippen LogP contribution in [0.2, 0.25) is 0 Å². The van der Waals surface area contributed by atoms with E-state index in [1.807, 2.05) is 0 Å². The van der Waals surface area contributed by atoms with Gasteiger partial charge in [0.15, 0.2) is 22.8 Å². The van der Waals surface area contributed by atoms with Crippen LogP contribution in [0.4, 0.5) is 5.82 Å². The predicted octanol–water partition coefficient (Wildman–Crippen LogP) is -1.40. The number of phosphoric acid groups is 3. The van der Waals surface area contributed by atoms with Gasteiger partial charge in [0.1, 0.15) is 36.3 Å². The number of aliphatic hydroxyl groups is 3. The van der Waals surface area contributed by atoms with E-state index in [1.165, 1.54) is 19.9 Å². The molecule has 0 radical (unpaired) electrons. The number of nitrogens with zero attached hydrogens (tertiary/aromatic N) is 4. The van der Waals surface area contributed by atoms with Gasteiger partial charge < -0.3 is 56.0 Å². The van der Waals surface area contributed by atoms with Gasteiger partial charge in [-0.25, -0.2) is 28.6 Å². The Bertz CT molecular complexity index is 1830. The van der Waals surface area contributed by atoms with Gasteiger partial charge in [-0.15, -0.1) is 6.58 Å². The van der Waals surface area contributed by atoms with Crippen LogP contribution in [0.25, 0.3) is 11.2 Å². The van der Waals surface area contributed by atoms with Crippen molar-refractivity contribution < 1.29 is 85.6 Å². The Balaban J connectivity index is 1.49. The molecule has 2 amide bonds. The number of aromatic nitrogens is 4. The molecule has 3 heterocycles. The highest BCUT2D eigenvalue weighted by Crippen LogP contribution is 2.61. The second-order valence-corrected chi connectivity index (χ2v) is 17.7. The second kappa shape index (κ2) is 19.6. The van der Waals surface area contributed by atoms with E-state index in [1.54, 1.807) is 0 Å². The van der Waals surface area contributed by atoms with Gasteiger partial charge in [-0.1, -0.05) is 31.7 Å². The largest absolute Gasteiger partial charge is 0.481 e. The van der Waals surface area contributed by atoms with Crippen LogP contribution in [0, 0.1) is 5.41 Å². The van der Waals surface area contributed by atoms with Gasteiger partial charge in [0.25, 0.3) is 0 Å². The van der Waals surface area contributed by atoms with Crippen molar-refractivity contribution in [3.63, 3.8) is 0 Å². The standard InChI is InChI=1S/C26H42N7O18P3S/c1-4-14(34)9-17(36)55-8-7-28-16(35)5-6-29-24(39)21(38)26(2,3)11-48-54(45,46)51-53(43,44)47-10-15-20(50-52(40,41)42)19(37)25(49-15)33-13-32-18-22(27)30-12-31-23(18)33/h4,12-15,19-21,25,34,37-38H,1,5-11H2,2-3H3,(H,28,35)(H,29,39)(H,43,44)(H,45,46)(H2,27,30,31)(H2,40,41,42)/t14-,15-,19-,20-,21+,25-/m1/s1. The van der Waals surface area contributed by atoms with E-state index in [0.717, 1.165) is 29.0 Å². The van der Waals surface area contributed by atoms with Crippen molar-refractivity contribution in [1.29, 1.82) is 0 Å². The number of rotatable bonds is 22. The quantitative estimate of drug-likeness (QED) is 0.0370. The molecule has 1 fully saturated rings. The number of hydrogen-bond acceptors (Lipinski definition) is 19. The monoisotopic (exact) mass is 865 g/mol. The van der Waals surface area contributed by atoms with Crippen molar-refractivity contribution in [3.8, 4) is 0 Å². The molecule has 2 unspecified atom stereocenters. The predicted molar refractivity (Wildman–Crippen MR) is 188 cm³/mol. The number of carbonyl (C=O) groups is 3. The van der Waals surface area contributed by atoms with Gasteiger partial charge in [-0.2, -0.15) is 4.31 Å². The van der Waals surface area contributed by atoms with Gasteiger partial charge >= 0.3 is 23.5 Å². The molecule has 2 aromatic rings. The Hall–Kier alpha value is -2.74. The number of anilines is 1. The number of aliphatic hydroxyl groups excluding tert-OH is 3. The maximum absolute atomic E-state index is 12.7. The highest BCUT2D eigenvalue weighted by molar-refractivity contribution is 8.13. The third-order valence-corrected chi connectivity index (χ3v) is 11.4. The van der Waals surface area contributed by atoms with E-state index in [9.17, 15) is 63.0 Å². The molecule has 0 aromatic carbocycles. The number of hydrogen-bond donors (Lipinski definition) is 10. The molecule has 29 heteroatoms. The first-order chi connectivity index (χ1) is 25.4. The summed E-state index contributed by atoms with van der Waals surface area (Å²) in [5.41, 5.74) is 4.22. The van der Waals surface area contributed by atoms with E-state index < -0.39 is 90.7 Å². The van der Waals surface area contributed by atoms with E-state index in [2.05, 4.69) is 41.0 Å².